The van der Waals surface area contributed by atoms with Gasteiger partial charge in [-0.3, -0.25) is 9.69 Å². The van der Waals surface area contributed by atoms with Gasteiger partial charge in [-0.05, 0) is 6.92 Å². The van der Waals surface area contributed by atoms with Crippen molar-refractivity contribution in [2.24, 2.45) is 5.73 Å². The number of rotatable bonds is 5. The molecule has 1 aliphatic rings. The number of nitrogens with zero attached hydrogens (tertiary/aromatic N) is 1. The number of carbonyl (C=O) groups is 1. The number of carbonyl (C=O) groups excluding carboxylic acids is 1. The van der Waals surface area contributed by atoms with Crippen LogP contribution < -0.4 is 11.1 Å². The number of nitrogens with two attached hydrogens (primary N) is 1. The fourth-order valence-electron chi connectivity index (χ4n) is 2.17. The van der Waals surface area contributed by atoms with Crippen molar-refractivity contribution in [1.29, 1.82) is 0 Å². The molecule has 0 aromatic heterocycles. The number of hydrogen-bond donors (Lipinski definition) is 2. The van der Waals surface area contributed by atoms with E-state index in [-0.39, 0.29) is 23.6 Å². The predicted molar refractivity (Wildman–Crippen MR) is 70.9 cm³/mol. The number of nitrogens with one attached hydrogen (secondary N) is 1. The van der Waals surface area contributed by atoms with Gasteiger partial charge in [0.15, 0.2) is 9.84 Å². The van der Waals surface area contributed by atoms with E-state index >= 15 is 0 Å². The second-order valence-electron chi connectivity index (χ2n) is 5.23. The van der Waals surface area contributed by atoms with Crippen molar-refractivity contribution in [1.82, 2.24) is 10.2 Å². The molecule has 106 valence electrons. The molecule has 1 rings (SSSR count). The number of primary amides is 1. The van der Waals surface area contributed by atoms with E-state index in [1.807, 2.05) is 25.7 Å². The SMILES string of the molecule is CC(C)NC(CN1CCS(=O)(=O)CC1C)C(N)=O. The molecule has 0 radical (unpaired) electrons. The Morgan fingerprint density at radius 2 is 2.11 bits per heavy atom. The third kappa shape index (κ3) is 4.55. The molecule has 1 aliphatic heterocycles. The van der Waals surface area contributed by atoms with E-state index in [1.165, 1.54) is 0 Å². The zero-order valence-electron chi connectivity index (χ0n) is 11.2. The summed E-state index contributed by atoms with van der Waals surface area (Å²) >= 11 is 0. The van der Waals surface area contributed by atoms with Gasteiger partial charge in [0.25, 0.3) is 0 Å². The molecular weight excluding hydrogens is 254 g/mol. The molecule has 0 aromatic rings. The molecule has 2 atom stereocenters. The summed E-state index contributed by atoms with van der Waals surface area (Å²) in [6, 6.07) is -0.348. The van der Waals surface area contributed by atoms with Crippen LogP contribution in [0.3, 0.4) is 0 Å². The minimum Gasteiger partial charge on any atom is -0.368 e. The molecule has 1 amide bonds. The van der Waals surface area contributed by atoms with Crippen LogP contribution in [0.4, 0.5) is 0 Å². The summed E-state index contributed by atoms with van der Waals surface area (Å²) in [6.07, 6.45) is 0. The van der Waals surface area contributed by atoms with Gasteiger partial charge in [-0.25, -0.2) is 8.42 Å². The first-order valence-electron chi connectivity index (χ1n) is 6.21. The second kappa shape index (κ2) is 5.99. The standard InChI is InChI=1S/C11H23N3O3S/c1-8(2)13-10(11(12)15)6-14-4-5-18(16,17)7-9(14)3/h8-10,13H,4-7H2,1-3H3,(H2,12,15). The Morgan fingerprint density at radius 1 is 1.50 bits per heavy atom. The Labute approximate surface area is 109 Å². The van der Waals surface area contributed by atoms with Crippen molar-refractivity contribution in [2.45, 2.75) is 38.9 Å². The van der Waals surface area contributed by atoms with Crippen LogP contribution in [0.25, 0.3) is 0 Å². The Morgan fingerprint density at radius 3 is 2.56 bits per heavy atom. The highest BCUT2D eigenvalue weighted by atomic mass is 32.2. The van der Waals surface area contributed by atoms with Crippen molar-refractivity contribution in [3.63, 3.8) is 0 Å². The summed E-state index contributed by atoms with van der Waals surface area (Å²) in [5.41, 5.74) is 5.35. The highest BCUT2D eigenvalue weighted by Gasteiger charge is 2.30. The Bertz CT molecular complexity index is 394. The minimum atomic E-state index is -2.92. The Kier molecular flexibility index (Phi) is 5.12. The van der Waals surface area contributed by atoms with Gasteiger partial charge in [0.2, 0.25) is 5.91 Å². The van der Waals surface area contributed by atoms with E-state index in [9.17, 15) is 13.2 Å². The van der Waals surface area contributed by atoms with E-state index in [0.717, 1.165) is 0 Å². The third-order valence-electron chi connectivity index (χ3n) is 3.10. The van der Waals surface area contributed by atoms with Crippen LogP contribution in [0.15, 0.2) is 0 Å². The highest BCUT2D eigenvalue weighted by molar-refractivity contribution is 7.91. The summed E-state index contributed by atoms with van der Waals surface area (Å²) in [5.74, 6) is -0.0886. The molecule has 1 heterocycles. The maximum atomic E-state index is 11.5. The fraction of sp³-hybridized carbons (Fsp3) is 0.909. The van der Waals surface area contributed by atoms with Crippen LogP contribution in [0, 0.1) is 0 Å². The van der Waals surface area contributed by atoms with Gasteiger partial charge in [-0.2, -0.15) is 0 Å². The predicted octanol–water partition coefficient (Wildman–Crippen LogP) is -1.04. The van der Waals surface area contributed by atoms with Crippen molar-refractivity contribution in [3.05, 3.63) is 0 Å². The molecule has 0 aromatic carbocycles. The molecule has 1 fully saturated rings. The first-order valence-corrected chi connectivity index (χ1v) is 8.03. The zero-order chi connectivity index (χ0) is 13.9. The third-order valence-corrected chi connectivity index (χ3v) is 4.90. The quantitative estimate of drug-likeness (QED) is 0.669. The fourth-order valence-corrected chi connectivity index (χ4v) is 3.79. The lowest BCUT2D eigenvalue weighted by molar-refractivity contribution is -0.120. The van der Waals surface area contributed by atoms with Crippen molar-refractivity contribution in [2.75, 3.05) is 24.6 Å². The van der Waals surface area contributed by atoms with E-state index < -0.39 is 21.8 Å². The van der Waals surface area contributed by atoms with E-state index in [0.29, 0.717) is 13.1 Å². The van der Waals surface area contributed by atoms with Gasteiger partial charge < -0.3 is 11.1 Å². The van der Waals surface area contributed by atoms with Gasteiger partial charge in [-0.15, -0.1) is 0 Å². The molecule has 0 spiro atoms. The lowest BCUT2D eigenvalue weighted by Gasteiger charge is -2.35. The average molecular weight is 277 g/mol. The van der Waals surface area contributed by atoms with Gasteiger partial charge in [0, 0.05) is 25.2 Å². The maximum Gasteiger partial charge on any atom is 0.235 e. The molecule has 1 saturated heterocycles. The summed E-state index contributed by atoms with van der Waals surface area (Å²) in [6.45, 7) is 6.68. The van der Waals surface area contributed by atoms with Crippen LogP contribution in [-0.2, 0) is 14.6 Å². The first-order chi connectivity index (χ1) is 8.21. The lowest BCUT2D eigenvalue weighted by atomic mass is 10.2. The van der Waals surface area contributed by atoms with Crippen molar-refractivity contribution < 1.29 is 13.2 Å². The summed E-state index contributed by atoms with van der Waals surface area (Å²) in [5, 5.41) is 3.10. The molecule has 7 heteroatoms. The van der Waals surface area contributed by atoms with Crippen molar-refractivity contribution >= 4 is 15.7 Å². The molecule has 18 heavy (non-hydrogen) atoms. The maximum absolute atomic E-state index is 11.5. The number of hydrogen-bond acceptors (Lipinski definition) is 5. The smallest absolute Gasteiger partial charge is 0.235 e. The van der Waals surface area contributed by atoms with Gasteiger partial charge in [-0.1, -0.05) is 13.8 Å². The largest absolute Gasteiger partial charge is 0.368 e. The number of sulfone groups is 1. The van der Waals surface area contributed by atoms with Gasteiger partial charge in [0.1, 0.15) is 0 Å². The Balaban J connectivity index is 2.62. The molecule has 2 unspecified atom stereocenters. The normalized spacial score (nSPS) is 26.1. The van der Waals surface area contributed by atoms with E-state index in [2.05, 4.69) is 5.32 Å². The zero-order valence-corrected chi connectivity index (χ0v) is 12.0. The molecule has 0 aliphatic carbocycles. The Hall–Kier alpha value is -0.660. The van der Waals surface area contributed by atoms with Crippen LogP contribution in [0.2, 0.25) is 0 Å². The second-order valence-corrected chi connectivity index (χ2v) is 7.46. The lowest BCUT2D eigenvalue weighted by Crippen LogP contribution is -2.56. The molecule has 0 saturated carbocycles. The first kappa shape index (κ1) is 15.4. The summed E-state index contributed by atoms with van der Waals surface area (Å²) in [4.78, 5) is 13.4. The van der Waals surface area contributed by atoms with E-state index in [4.69, 9.17) is 5.73 Å². The minimum absolute atomic E-state index is 0.0698. The van der Waals surface area contributed by atoms with Gasteiger partial charge in [0.05, 0.1) is 17.5 Å². The monoisotopic (exact) mass is 277 g/mol. The van der Waals surface area contributed by atoms with Crippen molar-refractivity contribution in [3.8, 4) is 0 Å². The van der Waals surface area contributed by atoms with Crippen LogP contribution in [0.5, 0.6) is 0 Å². The molecular formula is C11H23N3O3S. The number of amides is 1. The highest BCUT2D eigenvalue weighted by Crippen LogP contribution is 2.11. The molecule has 3 N–H and O–H groups in total. The van der Waals surface area contributed by atoms with Crippen LogP contribution in [-0.4, -0.2) is 61.9 Å². The van der Waals surface area contributed by atoms with E-state index in [1.54, 1.807) is 0 Å². The molecule has 0 bridgehead atoms. The summed E-state index contributed by atoms with van der Waals surface area (Å²) < 4.78 is 22.9. The topological polar surface area (TPSA) is 92.5 Å². The summed E-state index contributed by atoms with van der Waals surface area (Å²) in [7, 11) is -2.92. The van der Waals surface area contributed by atoms with Gasteiger partial charge >= 0.3 is 0 Å². The van der Waals surface area contributed by atoms with Crippen LogP contribution >= 0.6 is 0 Å². The molecule has 6 nitrogen and oxygen atoms in total. The van der Waals surface area contributed by atoms with Crippen LogP contribution in [0.1, 0.15) is 20.8 Å². The average Bonchev–Trinajstić information content (AvgIpc) is 2.19.